The minimum atomic E-state index is -0.612. The fourth-order valence-electron chi connectivity index (χ4n) is 5.42. The van der Waals surface area contributed by atoms with Crippen molar-refractivity contribution in [3.8, 4) is 11.5 Å². The summed E-state index contributed by atoms with van der Waals surface area (Å²) in [6, 6.07) is 11.9. The lowest BCUT2D eigenvalue weighted by Gasteiger charge is -2.47. The molecule has 1 heterocycles. The highest BCUT2D eigenvalue weighted by Crippen LogP contribution is 2.60. The molecule has 37 heavy (non-hydrogen) atoms. The molecular formula is C28H33N3O6. The zero-order chi connectivity index (χ0) is 27.0. The van der Waals surface area contributed by atoms with Crippen molar-refractivity contribution in [3.63, 3.8) is 0 Å². The first-order valence-corrected chi connectivity index (χ1v) is 12.3. The largest absolute Gasteiger partial charge is 0.494 e. The number of anilines is 2. The third-order valence-electron chi connectivity index (χ3n) is 8.15. The molecule has 2 aliphatic rings. The normalized spacial score (nSPS) is 22.0. The van der Waals surface area contributed by atoms with Gasteiger partial charge in [0.25, 0.3) is 5.91 Å². The molecule has 9 heteroatoms. The Kier molecular flexibility index (Phi) is 6.99. The number of fused-ring (bicyclic) bond motifs is 2. The summed E-state index contributed by atoms with van der Waals surface area (Å²) in [5.41, 5.74) is 0.183. The summed E-state index contributed by atoms with van der Waals surface area (Å²) in [6.07, 6.45) is 1.29. The number of nitrogens with zero attached hydrogens (tertiary/aromatic N) is 1. The molecule has 196 valence electrons. The van der Waals surface area contributed by atoms with E-state index in [0.717, 1.165) is 0 Å². The van der Waals surface area contributed by atoms with Crippen LogP contribution in [-0.2, 0) is 14.4 Å². The maximum atomic E-state index is 13.2. The van der Waals surface area contributed by atoms with E-state index in [0.29, 0.717) is 41.3 Å². The Hall–Kier alpha value is -3.88. The van der Waals surface area contributed by atoms with Gasteiger partial charge in [-0.3, -0.25) is 24.1 Å². The van der Waals surface area contributed by atoms with Gasteiger partial charge in [0, 0.05) is 36.6 Å². The van der Waals surface area contributed by atoms with Crippen molar-refractivity contribution in [2.24, 2.45) is 16.7 Å². The predicted molar refractivity (Wildman–Crippen MR) is 139 cm³/mol. The number of hydrogen-bond donors (Lipinski definition) is 2. The molecule has 2 N–H and O–H groups in total. The number of piperidine rings is 1. The van der Waals surface area contributed by atoms with Crippen LogP contribution >= 0.6 is 0 Å². The minimum Gasteiger partial charge on any atom is -0.494 e. The highest BCUT2D eigenvalue weighted by molar-refractivity contribution is 6.06. The summed E-state index contributed by atoms with van der Waals surface area (Å²) in [5.74, 6) is -0.689. The minimum absolute atomic E-state index is 0.0103. The molecule has 1 saturated heterocycles. The second-order valence-electron chi connectivity index (χ2n) is 10.3. The van der Waals surface area contributed by atoms with Gasteiger partial charge in [0.15, 0.2) is 0 Å². The van der Waals surface area contributed by atoms with Crippen molar-refractivity contribution in [2.45, 2.75) is 40.0 Å². The number of methoxy groups -OCH3 is 2. The van der Waals surface area contributed by atoms with Crippen molar-refractivity contribution in [2.75, 3.05) is 31.4 Å². The molecule has 0 radical (unpaired) electrons. The number of benzene rings is 2. The maximum Gasteiger partial charge on any atom is 0.255 e. The van der Waals surface area contributed by atoms with E-state index in [-0.39, 0.29) is 42.5 Å². The number of nitrogens with one attached hydrogen (secondary N) is 2. The molecule has 1 aliphatic carbocycles. The monoisotopic (exact) mass is 507 g/mol. The first-order chi connectivity index (χ1) is 17.5. The second kappa shape index (κ2) is 9.88. The predicted octanol–water partition coefficient (Wildman–Crippen LogP) is 4.10. The number of carbonyl (C=O) groups excluding carboxylic acids is 4. The van der Waals surface area contributed by atoms with Gasteiger partial charge in [-0.15, -0.1) is 0 Å². The quantitative estimate of drug-likeness (QED) is 0.520. The van der Waals surface area contributed by atoms with E-state index in [1.807, 2.05) is 26.8 Å². The summed E-state index contributed by atoms with van der Waals surface area (Å²) in [6.45, 7) is 5.90. The number of ether oxygens (including phenoxy) is 2. The average Bonchev–Trinajstić information content (AvgIpc) is 3.07. The van der Waals surface area contributed by atoms with Crippen LogP contribution in [0.4, 0.5) is 11.4 Å². The van der Waals surface area contributed by atoms with Crippen molar-refractivity contribution >= 4 is 35.0 Å². The molecule has 0 aromatic heterocycles. The molecule has 2 aromatic rings. The van der Waals surface area contributed by atoms with Gasteiger partial charge in [-0.1, -0.05) is 39.0 Å². The topological polar surface area (TPSA) is 114 Å². The molecule has 2 fully saturated rings. The second-order valence-corrected chi connectivity index (χ2v) is 10.3. The third kappa shape index (κ3) is 4.54. The molecule has 0 spiro atoms. The SMILES string of the molecule is COc1cc(NC(=O)c2ccccc2)c(OC)cc1NC(=O)CCN1C(=O)C2CCC(C)(C1=O)C2(C)C. The van der Waals surface area contributed by atoms with Crippen LogP contribution in [-0.4, -0.2) is 49.3 Å². The molecule has 2 bridgehead atoms. The lowest BCUT2D eigenvalue weighted by molar-refractivity contribution is -0.167. The Morgan fingerprint density at radius 2 is 1.57 bits per heavy atom. The van der Waals surface area contributed by atoms with Crippen LogP contribution in [0.15, 0.2) is 42.5 Å². The van der Waals surface area contributed by atoms with Gasteiger partial charge in [0.2, 0.25) is 17.7 Å². The van der Waals surface area contributed by atoms with Crippen LogP contribution < -0.4 is 20.1 Å². The molecule has 2 atom stereocenters. The molecule has 2 aromatic carbocycles. The van der Waals surface area contributed by atoms with Crippen LogP contribution in [0.3, 0.4) is 0 Å². The van der Waals surface area contributed by atoms with E-state index in [2.05, 4.69) is 10.6 Å². The molecule has 1 saturated carbocycles. The van der Waals surface area contributed by atoms with Gasteiger partial charge >= 0.3 is 0 Å². The number of hydrogen-bond acceptors (Lipinski definition) is 6. The van der Waals surface area contributed by atoms with E-state index in [1.54, 1.807) is 36.4 Å². The highest BCUT2D eigenvalue weighted by Gasteiger charge is 2.64. The fraction of sp³-hybridized carbons (Fsp3) is 0.429. The van der Waals surface area contributed by atoms with Crippen LogP contribution in [0.1, 0.15) is 50.4 Å². The van der Waals surface area contributed by atoms with E-state index >= 15 is 0 Å². The van der Waals surface area contributed by atoms with Gasteiger partial charge in [-0.05, 0) is 30.4 Å². The Labute approximate surface area is 216 Å². The van der Waals surface area contributed by atoms with Gasteiger partial charge < -0.3 is 20.1 Å². The van der Waals surface area contributed by atoms with Gasteiger partial charge in [-0.2, -0.15) is 0 Å². The Bertz CT molecular complexity index is 1240. The summed E-state index contributed by atoms with van der Waals surface area (Å²) < 4.78 is 10.9. The van der Waals surface area contributed by atoms with Crippen molar-refractivity contribution in [3.05, 3.63) is 48.0 Å². The van der Waals surface area contributed by atoms with Crippen LogP contribution in [0, 0.1) is 16.7 Å². The van der Waals surface area contributed by atoms with Crippen LogP contribution in [0.25, 0.3) is 0 Å². The van der Waals surface area contributed by atoms with Gasteiger partial charge in [-0.25, -0.2) is 0 Å². The zero-order valence-electron chi connectivity index (χ0n) is 21.8. The van der Waals surface area contributed by atoms with E-state index in [1.165, 1.54) is 19.1 Å². The Balaban J connectivity index is 1.46. The first-order valence-electron chi connectivity index (χ1n) is 12.3. The van der Waals surface area contributed by atoms with Crippen molar-refractivity contribution in [1.29, 1.82) is 0 Å². The molecule has 4 rings (SSSR count). The molecule has 9 nitrogen and oxygen atoms in total. The summed E-state index contributed by atoms with van der Waals surface area (Å²) in [7, 11) is 2.90. The number of amides is 4. The summed E-state index contributed by atoms with van der Waals surface area (Å²) >= 11 is 0. The Morgan fingerprint density at radius 3 is 2.16 bits per heavy atom. The highest BCUT2D eigenvalue weighted by atomic mass is 16.5. The number of likely N-dealkylation sites (tertiary alicyclic amines) is 1. The fourth-order valence-corrected chi connectivity index (χ4v) is 5.42. The zero-order valence-corrected chi connectivity index (χ0v) is 21.8. The Morgan fingerprint density at radius 1 is 0.973 bits per heavy atom. The smallest absolute Gasteiger partial charge is 0.255 e. The van der Waals surface area contributed by atoms with E-state index < -0.39 is 10.8 Å². The number of imide groups is 1. The molecule has 4 amide bonds. The average molecular weight is 508 g/mol. The number of rotatable bonds is 8. The van der Waals surface area contributed by atoms with Crippen LogP contribution in [0.5, 0.6) is 11.5 Å². The van der Waals surface area contributed by atoms with Crippen molar-refractivity contribution in [1.82, 2.24) is 4.90 Å². The molecule has 2 unspecified atom stereocenters. The first kappa shape index (κ1) is 26.2. The summed E-state index contributed by atoms with van der Waals surface area (Å²) in [4.78, 5) is 53.0. The van der Waals surface area contributed by atoms with E-state index in [4.69, 9.17) is 9.47 Å². The maximum absolute atomic E-state index is 13.2. The standard InChI is InChI=1S/C28H33N3O6/c1-27(2)18-11-13-28(27,3)26(35)31(25(18)34)14-12-23(32)29-19-15-22(37-5)20(16-21(19)36-4)30-24(33)17-9-7-6-8-10-17/h6-10,15-16,18H,11-14H2,1-5H3,(H,29,32)(H,30,33). The lowest BCUT2D eigenvalue weighted by atomic mass is 9.62. The lowest BCUT2D eigenvalue weighted by Crippen LogP contribution is -2.59. The summed E-state index contributed by atoms with van der Waals surface area (Å²) in [5, 5.41) is 5.57. The van der Waals surface area contributed by atoms with Gasteiger partial charge in [0.05, 0.1) is 31.0 Å². The van der Waals surface area contributed by atoms with Crippen LogP contribution in [0.2, 0.25) is 0 Å². The number of carbonyl (C=O) groups is 4. The molecular weight excluding hydrogens is 474 g/mol. The van der Waals surface area contributed by atoms with Gasteiger partial charge in [0.1, 0.15) is 11.5 Å². The van der Waals surface area contributed by atoms with Crippen molar-refractivity contribution < 1.29 is 28.7 Å². The third-order valence-corrected chi connectivity index (χ3v) is 8.15. The molecule has 1 aliphatic heterocycles. The van der Waals surface area contributed by atoms with E-state index in [9.17, 15) is 19.2 Å².